The average Bonchev–Trinajstić information content (AvgIpc) is 3.09. The Labute approximate surface area is 185 Å². The Kier molecular flexibility index (Phi) is 5.48. The number of nitrogens with one attached hydrogen (secondary N) is 1. The van der Waals surface area contributed by atoms with Gasteiger partial charge in [-0.2, -0.15) is 26.3 Å². The minimum atomic E-state index is -4.78. The standard InChI is InChI=1S/C21H12F6N4OS/c22-20(23,24)11-6-7-14(29-9-11)31-18(32)17-16(28)15-12(21(25,26)27)8-13(30-19(15)33-17)10-4-2-1-3-5-10/h1-9H,28H2,(H,29,31,32). The van der Waals surface area contributed by atoms with Gasteiger partial charge >= 0.3 is 12.4 Å². The number of hydrogen-bond donors (Lipinski definition) is 2. The molecule has 33 heavy (non-hydrogen) atoms. The van der Waals surface area contributed by atoms with Gasteiger partial charge in [0.15, 0.2) is 0 Å². The van der Waals surface area contributed by atoms with Crippen molar-refractivity contribution in [3.8, 4) is 11.3 Å². The molecule has 4 aromatic rings. The van der Waals surface area contributed by atoms with Crippen LogP contribution >= 0.6 is 11.3 Å². The fraction of sp³-hybridized carbons (Fsp3) is 0.0952. The predicted molar refractivity (Wildman–Crippen MR) is 112 cm³/mol. The van der Waals surface area contributed by atoms with Gasteiger partial charge in [-0.15, -0.1) is 11.3 Å². The Hall–Kier alpha value is -3.67. The molecule has 0 bridgehead atoms. The number of anilines is 2. The summed E-state index contributed by atoms with van der Waals surface area (Å²) in [7, 11) is 0. The van der Waals surface area contributed by atoms with Crippen LogP contribution in [0.4, 0.5) is 37.8 Å². The van der Waals surface area contributed by atoms with Crippen LogP contribution in [0.1, 0.15) is 20.8 Å². The number of nitrogens with zero attached hydrogens (tertiary/aromatic N) is 2. The molecule has 0 radical (unpaired) electrons. The van der Waals surface area contributed by atoms with Crippen molar-refractivity contribution >= 4 is 39.0 Å². The maximum atomic E-state index is 13.8. The Morgan fingerprint density at radius 1 is 0.970 bits per heavy atom. The van der Waals surface area contributed by atoms with Gasteiger partial charge in [0.1, 0.15) is 15.5 Å². The van der Waals surface area contributed by atoms with Crippen molar-refractivity contribution in [2.45, 2.75) is 12.4 Å². The number of halogens is 6. The lowest BCUT2D eigenvalue weighted by atomic mass is 10.1. The Morgan fingerprint density at radius 2 is 1.67 bits per heavy atom. The third-order valence-electron chi connectivity index (χ3n) is 4.61. The van der Waals surface area contributed by atoms with E-state index in [-0.39, 0.29) is 21.2 Å². The van der Waals surface area contributed by atoms with Gasteiger partial charge in [-0.05, 0) is 18.2 Å². The van der Waals surface area contributed by atoms with E-state index in [0.717, 1.165) is 12.1 Å². The van der Waals surface area contributed by atoms with Crippen LogP contribution in [0.3, 0.4) is 0 Å². The van der Waals surface area contributed by atoms with Gasteiger partial charge in [-0.3, -0.25) is 4.79 Å². The Morgan fingerprint density at radius 3 is 2.24 bits per heavy atom. The number of amides is 1. The lowest BCUT2D eigenvalue weighted by Crippen LogP contribution is -2.14. The molecule has 3 heterocycles. The van der Waals surface area contributed by atoms with E-state index >= 15 is 0 Å². The average molecular weight is 482 g/mol. The molecule has 3 N–H and O–H groups in total. The number of carbonyl (C=O) groups is 1. The van der Waals surface area contributed by atoms with Crippen molar-refractivity contribution in [1.82, 2.24) is 9.97 Å². The quantitative estimate of drug-likeness (QED) is 0.339. The van der Waals surface area contributed by atoms with Crippen LogP contribution < -0.4 is 11.1 Å². The number of pyridine rings is 2. The van der Waals surface area contributed by atoms with Crippen LogP contribution in [0.15, 0.2) is 54.7 Å². The first-order valence-corrected chi connectivity index (χ1v) is 9.97. The molecule has 5 nitrogen and oxygen atoms in total. The van der Waals surface area contributed by atoms with Crippen molar-refractivity contribution in [2.75, 3.05) is 11.1 Å². The van der Waals surface area contributed by atoms with Crippen molar-refractivity contribution in [1.29, 1.82) is 0 Å². The van der Waals surface area contributed by atoms with Crippen LogP contribution in [-0.2, 0) is 12.4 Å². The van der Waals surface area contributed by atoms with Gasteiger partial charge in [0, 0.05) is 17.1 Å². The van der Waals surface area contributed by atoms with E-state index in [4.69, 9.17) is 5.73 Å². The molecule has 0 unspecified atom stereocenters. The first-order valence-electron chi connectivity index (χ1n) is 9.15. The highest BCUT2D eigenvalue weighted by Crippen LogP contribution is 2.43. The van der Waals surface area contributed by atoms with Gasteiger partial charge < -0.3 is 11.1 Å². The fourth-order valence-corrected chi connectivity index (χ4v) is 4.09. The van der Waals surface area contributed by atoms with Crippen LogP contribution in [0, 0.1) is 0 Å². The zero-order valence-corrected chi connectivity index (χ0v) is 17.1. The number of nitrogen functional groups attached to an aromatic ring is 1. The van der Waals surface area contributed by atoms with E-state index in [9.17, 15) is 31.1 Å². The number of hydrogen-bond acceptors (Lipinski definition) is 5. The summed E-state index contributed by atoms with van der Waals surface area (Å²) in [5, 5.41) is 1.83. The number of nitrogens with two attached hydrogens (primary N) is 1. The molecule has 0 fully saturated rings. The topological polar surface area (TPSA) is 80.9 Å². The highest BCUT2D eigenvalue weighted by molar-refractivity contribution is 7.21. The largest absolute Gasteiger partial charge is 0.417 e. The minimum Gasteiger partial charge on any atom is -0.397 e. The van der Waals surface area contributed by atoms with E-state index in [0.29, 0.717) is 29.2 Å². The monoisotopic (exact) mass is 482 g/mol. The lowest BCUT2D eigenvalue weighted by molar-refractivity contribution is -0.138. The number of alkyl halides is 6. The maximum absolute atomic E-state index is 13.8. The summed E-state index contributed by atoms with van der Waals surface area (Å²) in [5.74, 6) is -1.14. The van der Waals surface area contributed by atoms with Crippen molar-refractivity contribution in [2.24, 2.45) is 0 Å². The van der Waals surface area contributed by atoms with Crippen LogP contribution in [-0.4, -0.2) is 15.9 Å². The van der Waals surface area contributed by atoms with Crippen molar-refractivity contribution in [3.63, 3.8) is 0 Å². The zero-order chi connectivity index (χ0) is 24.0. The third kappa shape index (κ3) is 4.46. The number of fused-ring (bicyclic) bond motifs is 1. The minimum absolute atomic E-state index is 0.0491. The van der Waals surface area contributed by atoms with Crippen LogP contribution in [0.5, 0.6) is 0 Å². The summed E-state index contributed by atoms with van der Waals surface area (Å²) in [5.41, 5.74) is 3.89. The maximum Gasteiger partial charge on any atom is 0.417 e. The molecule has 0 aliphatic carbocycles. The Balaban J connectivity index is 1.76. The molecule has 170 valence electrons. The molecule has 0 saturated carbocycles. The van der Waals surface area contributed by atoms with Gasteiger partial charge in [0.25, 0.3) is 5.91 Å². The van der Waals surface area contributed by atoms with Gasteiger partial charge in [0.2, 0.25) is 0 Å². The van der Waals surface area contributed by atoms with E-state index in [2.05, 4.69) is 15.3 Å². The first kappa shape index (κ1) is 22.5. The second-order valence-corrected chi connectivity index (χ2v) is 7.83. The highest BCUT2D eigenvalue weighted by atomic mass is 32.1. The molecule has 3 aromatic heterocycles. The third-order valence-corrected chi connectivity index (χ3v) is 5.71. The molecule has 12 heteroatoms. The molecular formula is C21H12F6N4OS. The molecule has 0 aliphatic rings. The lowest BCUT2D eigenvalue weighted by Gasteiger charge is -2.11. The number of rotatable bonds is 3. The van der Waals surface area contributed by atoms with Crippen LogP contribution in [0.2, 0.25) is 0 Å². The molecule has 0 saturated heterocycles. The van der Waals surface area contributed by atoms with Crippen molar-refractivity contribution < 1.29 is 31.1 Å². The van der Waals surface area contributed by atoms with Gasteiger partial charge in [-0.25, -0.2) is 9.97 Å². The van der Waals surface area contributed by atoms with E-state index in [1.807, 2.05) is 0 Å². The molecule has 4 rings (SSSR count). The number of carbonyl (C=O) groups excluding carboxylic acids is 1. The predicted octanol–water partition coefficient (Wildman–Crippen LogP) is 6.23. The molecule has 1 amide bonds. The number of aromatic nitrogens is 2. The zero-order valence-electron chi connectivity index (χ0n) is 16.3. The van der Waals surface area contributed by atoms with E-state index in [1.54, 1.807) is 30.3 Å². The SMILES string of the molecule is Nc1c(C(=O)Nc2ccc(C(F)(F)F)cn2)sc2nc(-c3ccccc3)cc(C(F)(F)F)c12. The van der Waals surface area contributed by atoms with Gasteiger partial charge in [0.05, 0.1) is 22.5 Å². The van der Waals surface area contributed by atoms with Crippen molar-refractivity contribution in [3.05, 3.63) is 70.7 Å². The van der Waals surface area contributed by atoms with E-state index < -0.39 is 40.5 Å². The normalized spacial score (nSPS) is 12.2. The number of thiophene rings is 1. The molecule has 0 aliphatic heterocycles. The summed E-state index contributed by atoms with van der Waals surface area (Å²) in [6, 6.07) is 10.7. The molecule has 1 aromatic carbocycles. The second-order valence-electron chi connectivity index (χ2n) is 6.83. The van der Waals surface area contributed by atoms with E-state index in [1.165, 1.54) is 0 Å². The summed E-state index contributed by atoms with van der Waals surface area (Å²) in [6.07, 6.45) is -8.86. The summed E-state index contributed by atoms with van der Waals surface area (Å²) < 4.78 is 79.4. The number of benzene rings is 1. The first-order chi connectivity index (χ1) is 15.4. The molecule has 0 atom stereocenters. The molecular weight excluding hydrogens is 470 g/mol. The Bertz CT molecular complexity index is 1330. The van der Waals surface area contributed by atoms with Gasteiger partial charge in [-0.1, -0.05) is 30.3 Å². The van der Waals surface area contributed by atoms with Crippen LogP contribution in [0.25, 0.3) is 21.5 Å². The second kappa shape index (κ2) is 8.03. The summed E-state index contributed by atoms with van der Waals surface area (Å²) >= 11 is 0.642. The summed E-state index contributed by atoms with van der Waals surface area (Å²) in [6.45, 7) is 0. The molecule has 0 spiro atoms. The highest BCUT2D eigenvalue weighted by Gasteiger charge is 2.36. The fourth-order valence-electron chi connectivity index (χ4n) is 3.08. The summed E-state index contributed by atoms with van der Waals surface area (Å²) in [4.78, 5) is 20.0. The smallest absolute Gasteiger partial charge is 0.397 e.